The lowest BCUT2D eigenvalue weighted by atomic mass is 9.93. The fourth-order valence-corrected chi connectivity index (χ4v) is 3.64. The van der Waals surface area contributed by atoms with Crippen LogP contribution in [0.1, 0.15) is 38.3 Å². The molecule has 1 aliphatic rings. The second kappa shape index (κ2) is 7.04. The van der Waals surface area contributed by atoms with E-state index in [9.17, 15) is 9.59 Å². The molecule has 0 radical (unpaired) electrons. The maximum atomic E-state index is 13.0. The Morgan fingerprint density at radius 1 is 0.923 bits per heavy atom. The minimum atomic E-state index is -1.03. The van der Waals surface area contributed by atoms with Crippen molar-refractivity contribution < 1.29 is 14.3 Å². The first kappa shape index (κ1) is 18.3. The van der Waals surface area contributed by atoms with Crippen LogP contribution in [0.4, 0.5) is 0 Å². The van der Waals surface area contributed by atoms with E-state index in [0.29, 0.717) is 12.8 Å². The number of amides is 2. The summed E-state index contributed by atoms with van der Waals surface area (Å²) in [6, 6.07) is 19.7. The summed E-state index contributed by atoms with van der Waals surface area (Å²) < 4.78 is 6.35. The molecule has 1 fully saturated rings. The Labute approximate surface area is 154 Å². The molecule has 0 atom stereocenters. The number of benzene rings is 2. The van der Waals surface area contributed by atoms with E-state index in [1.54, 1.807) is 20.8 Å². The minimum absolute atomic E-state index is 0.201. The van der Waals surface area contributed by atoms with Gasteiger partial charge in [0.1, 0.15) is 5.60 Å². The molecule has 0 spiro atoms. The van der Waals surface area contributed by atoms with Crippen LogP contribution in [0.15, 0.2) is 60.7 Å². The lowest BCUT2D eigenvalue weighted by molar-refractivity contribution is -0.159. The summed E-state index contributed by atoms with van der Waals surface area (Å²) in [6.45, 7) is 5.25. The number of rotatable bonds is 5. The van der Waals surface area contributed by atoms with Crippen LogP contribution in [0, 0.1) is 0 Å². The van der Waals surface area contributed by atoms with E-state index in [4.69, 9.17) is 4.74 Å². The van der Waals surface area contributed by atoms with Crippen LogP contribution in [0.25, 0.3) is 0 Å². The summed E-state index contributed by atoms with van der Waals surface area (Å²) in [7, 11) is 0. The Morgan fingerprint density at radius 2 is 1.38 bits per heavy atom. The van der Waals surface area contributed by atoms with Gasteiger partial charge in [0, 0.05) is 19.3 Å². The summed E-state index contributed by atoms with van der Waals surface area (Å²) in [5.41, 5.74) is 0.00998. The second-order valence-corrected chi connectivity index (χ2v) is 7.27. The van der Waals surface area contributed by atoms with Crippen molar-refractivity contribution in [3.8, 4) is 0 Å². The number of hydrogen-bond donors (Lipinski definition) is 0. The number of ether oxygens (including phenoxy) is 1. The van der Waals surface area contributed by atoms with Gasteiger partial charge in [-0.05, 0) is 25.0 Å². The first-order valence-electron chi connectivity index (χ1n) is 9.03. The largest absolute Gasteiger partial charge is 0.339 e. The molecule has 4 nitrogen and oxygen atoms in total. The van der Waals surface area contributed by atoms with Gasteiger partial charge in [-0.25, -0.2) is 4.90 Å². The van der Waals surface area contributed by atoms with Crippen LogP contribution >= 0.6 is 0 Å². The van der Waals surface area contributed by atoms with Gasteiger partial charge in [0.15, 0.2) is 5.72 Å². The summed E-state index contributed by atoms with van der Waals surface area (Å²) in [6.07, 6.45) is 1.18. The normalized spacial score (nSPS) is 18.1. The molecule has 0 saturated carbocycles. The lowest BCUT2D eigenvalue weighted by Crippen LogP contribution is -2.53. The molecule has 0 bridgehead atoms. The summed E-state index contributed by atoms with van der Waals surface area (Å²) in [4.78, 5) is 27.1. The zero-order chi connectivity index (χ0) is 18.8. The average Bonchev–Trinajstić information content (AvgIpc) is 2.81. The Kier molecular flexibility index (Phi) is 4.97. The average molecular weight is 351 g/mol. The van der Waals surface area contributed by atoms with E-state index in [2.05, 4.69) is 0 Å². The molecule has 2 aromatic rings. The Bertz CT molecular complexity index is 742. The zero-order valence-corrected chi connectivity index (χ0v) is 15.6. The maximum Gasteiger partial charge on any atom is 0.263 e. The molecular formula is C22H25NO3. The molecule has 1 saturated heterocycles. The van der Waals surface area contributed by atoms with Gasteiger partial charge >= 0.3 is 0 Å². The van der Waals surface area contributed by atoms with E-state index < -0.39 is 11.3 Å². The maximum absolute atomic E-state index is 13.0. The third-order valence-corrected chi connectivity index (χ3v) is 4.77. The van der Waals surface area contributed by atoms with Gasteiger partial charge in [-0.15, -0.1) is 0 Å². The second-order valence-electron chi connectivity index (χ2n) is 7.27. The molecule has 0 N–H and O–H groups in total. The molecule has 4 heteroatoms. The SMILES string of the molecule is CCC(=O)N1C(=O)C(C)(C)OC1(Cc1ccccc1)Cc1ccccc1. The fraction of sp³-hybridized carbons (Fsp3) is 0.364. The Morgan fingerprint density at radius 3 is 1.81 bits per heavy atom. The highest BCUT2D eigenvalue weighted by atomic mass is 16.6. The molecule has 136 valence electrons. The highest BCUT2D eigenvalue weighted by Crippen LogP contribution is 2.40. The van der Waals surface area contributed by atoms with Crippen LogP contribution in [0.3, 0.4) is 0 Å². The first-order chi connectivity index (χ1) is 12.4. The molecule has 1 aliphatic heterocycles. The minimum Gasteiger partial charge on any atom is -0.339 e. The smallest absolute Gasteiger partial charge is 0.263 e. The highest BCUT2D eigenvalue weighted by Gasteiger charge is 2.58. The van der Waals surface area contributed by atoms with Crippen LogP contribution in [0.5, 0.6) is 0 Å². The number of carbonyl (C=O) groups excluding carboxylic acids is 2. The van der Waals surface area contributed by atoms with E-state index in [0.717, 1.165) is 11.1 Å². The standard InChI is InChI=1S/C22H25NO3/c1-4-19(24)23-20(25)21(2,3)26-22(23,15-17-11-7-5-8-12-17)16-18-13-9-6-10-14-18/h5-14H,4,15-16H2,1-3H3. The number of carbonyl (C=O) groups is 2. The molecule has 2 aromatic carbocycles. The molecule has 2 amide bonds. The molecule has 1 heterocycles. The van der Waals surface area contributed by atoms with Gasteiger partial charge in [-0.3, -0.25) is 9.59 Å². The van der Waals surface area contributed by atoms with Gasteiger partial charge in [0.05, 0.1) is 0 Å². The molecule has 3 rings (SSSR count). The predicted octanol–water partition coefficient (Wildman–Crippen LogP) is 3.74. The highest BCUT2D eigenvalue weighted by molar-refractivity contribution is 6.01. The molecule has 26 heavy (non-hydrogen) atoms. The number of imide groups is 1. The topological polar surface area (TPSA) is 46.6 Å². The monoisotopic (exact) mass is 351 g/mol. The van der Waals surface area contributed by atoms with Crippen molar-refractivity contribution in [2.75, 3.05) is 0 Å². The predicted molar refractivity (Wildman–Crippen MR) is 100 cm³/mol. The first-order valence-corrected chi connectivity index (χ1v) is 9.03. The van der Waals surface area contributed by atoms with E-state index in [-0.39, 0.29) is 18.2 Å². The van der Waals surface area contributed by atoms with Crippen molar-refractivity contribution in [3.63, 3.8) is 0 Å². The van der Waals surface area contributed by atoms with Crippen LogP contribution in [-0.2, 0) is 27.2 Å². The van der Waals surface area contributed by atoms with Gasteiger partial charge in [-0.2, -0.15) is 0 Å². The third-order valence-electron chi connectivity index (χ3n) is 4.77. The summed E-state index contributed by atoms with van der Waals surface area (Å²) >= 11 is 0. The Hall–Kier alpha value is -2.46. The Balaban J connectivity index is 2.09. The van der Waals surface area contributed by atoms with Crippen molar-refractivity contribution in [2.45, 2.75) is 51.4 Å². The van der Waals surface area contributed by atoms with Crippen molar-refractivity contribution in [2.24, 2.45) is 0 Å². The summed E-state index contributed by atoms with van der Waals surface area (Å²) in [5.74, 6) is -0.469. The van der Waals surface area contributed by atoms with Crippen molar-refractivity contribution in [1.29, 1.82) is 0 Å². The van der Waals surface area contributed by atoms with Crippen LogP contribution in [-0.4, -0.2) is 28.0 Å². The molecular weight excluding hydrogens is 326 g/mol. The van der Waals surface area contributed by atoms with Crippen LogP contribution < -0.4 is 0 Å². The zero-order valence-electron chi connectivity index (χ0n) is 15.6. The van der Waals surface area contributed by atoms with E-state index in [1.807, 2.05) is 60.7 Å². The van der Waals surface area contributed by atoms with E-state index >= 15 is 0 Å². The molecule has 0 aromatic heterocycles. The van der Waals surface area contributed by atoms with Gasteiger partial charge < -0.3 is 4.74 Å². The summed E-state index contributed by atoms with van der Waals surface area (Å²) in [5, 5.41) is 0. The van der Waals surface area contributed by atoms with Crippen LogP contribution in [0.2, 0.25) is 0 Å². The third kappa shape index (κ3) is 3.42. The van der Waals surface area contributed by atoms with Crippen molar-refractivity contribution in [1.82, 2.24) is 4.90 Å². The molecule has 0 unspecified atom stereocenters. The van der Waals surface area contributed by atoms with Gasteiger partial charge in [-0.1, -0.05) is 67.6 Å². The lowest BCUT2D eigenvalue weighted by Gasteiger charge is -2.36. The fourth-order valence-electron chi connectivity index (χ4n) is 3.64. The van der Waals surface area contributed by atoms with Crippen molar-refractivity contribution >= 4 is 11.8 Å². The molecule has 0 aliphatic carbocycles. The number of nitrogens with zero attached hydrogens (tertiary/aromatic N) is 1. The van der Waals surface area contributed by atoms with Gasteiger partial charge in [0.25, 0.3) is 5.91 Å². The quantitative estimate of drug-likeness (QED) is 0.824. The number of hydrogen-bond acceptors (Lipinski definition) is 3. The van der Waals surface area contributed by atoms with Crippen molar-refractivity contribution in [3.05, 3.63) is 71.8 Å². The van der Waals surface area contributed by atoms with Gasteiger partial charge in [0.2, 0.25) is 5.91 Å². The van der Waals surface area contributed by atoms with E-state index in [1.165, 1.54) is 4.90 Å².